The summed E-state index contributed by atoms with van der Waals surface area (Å²) >= 11 is 0. The van der Waals surface area contributed by atoms with Gasteiger partial charge in [0.2, 0.25) is 0 Å². The lowest BCUT2D eigenvalue weighted by Gasteiger charge is -2.09. The second kappa shape index (κ2) is 5.64. The number of hydrogen-bond acceptors (Lipinski definition) is 2. The van der Waals surface area contributed by atoms with Gasteiger partial charge < -0.3 is 9.67 Å². The SMILES string of the molecule is CCc1nc2cc(C(=O)O)ccc2n1Cc1ccc(C)cc1. The van der Waals surface area contributed by atoms with Crippen molar-refractivity contribution in [3.05, 3.63) is 65.0 Å². The van der Waals surface area contributed by atoms with Crippen molar-refractivity contribution in [1.29, 1.82) is 0 Å². The number of carboxylic acid groups (broad SMARTS) is 1. The summed E-state index contributed by atoms with van der Waals surface area (Å²) in [4.78, 5) is 15.7. The molecule has 1 aromatic heterocycles. The number of hydrogen-bond donors (Lipinski definition) is 1. The van der Waals surface area contributed by atoms with Crippen molar-refractivity contribution in [2.45, 2.75) is 26.8 Å². The first-order valence-corrected chi connectivity index (χ1v) is 7.36. The highest BCUT2D eigenvalue weighted by Gasteiger charge is 2.12. The molecule has 0 atom stereocenters. The molecule has 2 aromatic carbocycles. The summed E-state index contributed by atoms with van der Waals surface area (Å²) in [6.45, 7) is 4.87. The molecule has 3 rings (SSSR count). The lowest BCUT2D eigenvalue weighted by atomic mass is 10.1. The number of nitrogens with zero attached hydrogens (tertiary/aromatic N) is 2. The summed E-state index contributed by atoms with van der Waals surface area (Å²) in [5, 5.41) is 9.10. The van der Waals surface area contributed by atoms with Crippen molar-refractivity contribution >= 4 is 17.0 Å². The molecule has 1 N–H and O–H groups in total. The van der Waals surface area contributed by atoms with Gasteiger partial charge in [-0.25, -0.2) is 9.78 Å². The fourth-order valence-corrected chi connectivity index (χ4v) is 2.64. The molecule has 0 saturated heterocycles. The fraction of sp³-hybridized carbons (Fsp3) is 0.222. The van der Waals surface area contributed by atoms with Crippen LogP contribution in [0.15, 0.2) is 42.5 Å². The second-order valence-electron chi connectivity index (χ2n) is 5.46. The molecule has 0 unspecified atom stereocenters. The zero-order chi connectivity index (χ0) is 15.7. The minimum absolute atomic E-state index is 0.273. The summed E-state index contributed by atoms with van der Waals surface area (Å²) in [5.41, 5.74) is 4.43. The molecule has 0 fully saturated rings. The van der Waals surface area contributed by atoms with Crippen LogP contribution >= 0.6 is 0 Å². The highest BCUT2D eigenvalue weighted by Crippen LogP contribution is 2.20. The number of aryl methyl sites for hydroxylation is 2. The van der Waals surface area contributed by atoms with Gasteiger partial charge in [-0.05, 0) is 30.7 Å². The van der Waals surface area contributed by atoms with Crippen molar-refractivity contribution < 1.29 is 9.90 Å². The Kier molecular flexibility index (Phi) is 3.67. The number of carbonyl (C=O) groups is 1. The molecule has 0 amide bonds. The predicted octanol–water partition coefficient (Wildman–Crippen LogP) is 3.65. The van der Waals surface area contributed by atoms with Gasteiger partial charge in [-0.2, -0.15) is 0 Å². The number of fused-ring (bicyclic) bond motifs is 1. The van der Waals surface area contributed by atoms with Crippen molar-refractivity contribution in [2.75, 3.05) is 0 Å². The summed E-state index contributed by atoms with van der Waals surface area (Å²) in [7, 11) is 0. The molecule has 0 spiro atoms. The molecule has 4 heteroatoms. The molecular formula is C18H18N2O2. The van der Waals surface area contributed by atoms with Crippen LogP contribution in [0, 0.1) is 6.92 Å². The van der Waals surface area contributed by atoms with Crippen LogP contribution in [0.5, 0.6) is 0 Å². The van der Waals surface area contributed by atoms with E-state index in [9.17, 15) is 4.79 Å². The van der Waals surface area contributed by atoms with E-state index in [4.69, 9.17) is 5.11 Å². The number of rotatable bonds is 4. The Morgan fingerprint density at radius 1 is 1.18 bits per heavy atom. The van der Waals surface area contributed by atoms with E-state index in [0.717, 1.165) is 29.8 Å². The monoisotopic (exact) mass is 294 g/mol. The zero-order valence-electron chi connectivity index (χ0n) is 12.7. The Hall–Kier alpha value is -2.62. The summed E-state index contributed by atoms with van der Waals surface area (Å²) in [5.74, 6) is 0.0474. The molecule has 3 aromatic rings. The Morgan fingerprint density at radius 3 is 2.55 bits per heavy atom. The van der Waals surface area contributed by atoms with E-state index in [0.29, 0.717) is 0 Å². The molecule has 0 radical (unpaired) electrons. The van der Waals surface area contributed by atoms with E-state index in [2.05, 4.69) is 47.7 Å². The molecule has 0 bridgehead atoms. The zero-order valence-corrected chi connectivity index (χ0v) is 12.7. The smallest absolute Gasteiger partial charge is 0.335 e. The lowest BCUT2D eigenvalue weighted by Crippen LogP contribution is -2.04. The number of imidazole rings is 1. The molecular weight excluding hydrogens is 276 g/mol. The Bertz CT molecular complexity index is 832. The summed E-state index contributed by atoms with van der Waals surface area (Å²) < 4.78 is 2.16. The Morgan fingerprint density at radius 2 is 1.91 bits per heavy atom. The molecule has 112 valence electrons. The third-order valence-corrected chi connectivity index (χ3v) is 3.85. The van der Waals surface area contributed by atoms with Crippen LogP contribution in [0.2, 0.25) is 0 Å². The van der Waals surface area contributed by atoms with Gasteiger partial charge in [0.15, 0.2) is 0 Å². The van der Waals surface area contributed by atoms with Gasteiger partial charge in [-0.3, -0.25) is 0 Å². The highest BCUT2D eigenvalue weighted by molar-refractivity contribution is 5.92. The van der Waals surface area contributed by atoms with Crippen LogP contribution in [0.3, 0.4) is 0 Å². The van der Waals surface area contributed by atoms with Crippen LogP contribution < -0.4 is 0 Å². The molecule has 0 aliphatic rings. The molecule has 22 heavy (non-hydrogen) atoms. The van der Waals surface area contributed by atoms with Crippen molar-refractivity contribution in [1.82, 2.24) is 9.55 Å². The van der Waals surface area contributed by atoms with Crippen molar-refractivity contribution in [2.24, 2.45) is 0 Å². The molecule has 0 aliphatic carbocycles. The third-order valence-electron chi connectivity index (χ3n) is 3.85. The van der Waals surface area contributed by atoms with E-state index in [1.54, 1.807) is 12.1 Å². The van der Waals surface area contributed by atoms with Crippen LogP contribution in [-0.4, -0.2) is 20.6 Å². The van der Waals surface area contributed by atoms with Gasteiger partial charge in [-0.1, -0.05) is 36.8 Å². The van der Waals surface area contributed by atoms with Crippen molar-refractivity contribution in [3.8, 4) is 0 Å². The number of benzene rings is 2. The van der Waals surface area contributed by atoms with E-state index in [1.807, 2.05) is 6.07 Å². The van der Waals surface area contributed by atoms with E-state index >= 15 is 0 Å². The lowest BCUT2D eigenvalue weighted by molar-refractivity contribution is 0.0697. The van der Waals surface area contributed by atoms with Crippen LogP contribution in [-0.2, 0) is 13.0 Å². The number of carboxylic acids is 1. The summed E-state index contributed by atoms with van der Waals surface area (Å²) in [6.07, 6.45) is 0.808. The van der Waals surface area contributed by atoms with E-state index < -0.39 is 5.97 Å². The molecule has 4 nitrogen and oxygen atoms in total. The minimum atomic E-state index is -0.923. The van der Waals surface area contributed by atoms with Crippen LogP contribution in [0.1, 0.15) is 34.2 Å². The highest BCUT2D eigenvalue weighted by atomic mass is 16.4. The standard InChI is InChI=1S/C18H18N2O2/c1-3-17-19-15-10-14(18(21)22)8-9-16(15)20(17)11-13-6-4-12(2)5-7-13/h4-10H,3,11H2,1-2H3,(H,21,22). The average molecular weight is 294 g/mol. The third kappa shape index (κ3) is 2.60. The second-order valence-corrected chi connectivity index (χ2v) is 5.46. The fourth-order valence-electron chi connectivity index (χ4n) is 2.64. The molecule has 0 aliphatic heterocycles. The van der Waals surface area contributed by atoms with Gasteiger partial charge in [0.05, 0.1) is 16.6 Å². The predicted molar refractivity (Wildman–Crippen MR) is 86.4 cm³/mol. The molecule has 1 heterocycles. The Labute approximate surface area is 129 Å². The Balaban J connectivity index is 2.07. The van der Waals surface area contributed by atoms with Gasteiger partial charge in [0.25, 0.3) is 0 Å². The first kappa shape index (κ1) is 14.3. The first-order chi connectivity index (χ1) is 10.6. The van der Waals surface area contributed by atoms with Crippen LogP contribution in [0.4, 0.5) is 0 Å². The first-order valence-electron chi connectivity index (χ1n) is 7.36. The topological polar surface area (TPSA) is 55.1 Å². The number of aromatic carboxylic acids is 1. The largest absolute Gasteiger partial charge is 0.478 e. The quantitative estimate of drug-likeness (QED) is 0.799. The normalized spacial score (nSPS) is 11.0. The van der Waals surface area contributed by atoms with E-state index in [1.165, 1.54) is 11.1 Å². The minimum Gasteiger partial charge on any atom is -0.478 e. The summed E-state index contributed by atoms with van der Waals surface area (Å²) in [6, 6.07) is 13.6. The average Bonchev–Trinajstić information content (AvgIpc) is 2.86. The van der Waals surface area contributed by atoms with Gasteiger partial charge in [-0.15, -0.1) is 0 Å². The number of aromatic nitrogens is 2. The van der Waals surface area contributed by atoms with Gasteiger partial charge in [0.1, 0.15) is 5.82 Å². The molecule has 0 saturated carbocycles. The van der Waals surface area contributed by atoms with Crippen molar-refractivity contribution in [3.63, 3.8) is 0 Å². The maximum atomic E-state index is 11.1. The maximum Gasteiger partial charge on any atom is 0.335 e. The van der Waals surface area contributed by atoms with Crippen LogP contribution in [0.25, 0.3) is 11.0 Å². The maximum absolute atomic E-state index is 11.1. The van der Waals surface area contributed by atoms with E-state index in [-0.39, 0.29) is 5.56 Å². The van der Waals surface area contributed by atoms with Gasteiger partial charge >= 0.3 is 5.97 Å². The van der Waals surface area contributed by atoms with Gasteiger partial charge in [0, 0.05) is 13.0 Å².